The van der Waals surface area contributed by atoms with Crippen LogP contribution in [0.15, 0.2) is 30.3 Å². The summed E-state index contributed by atoms with van der Waals surface area (Å²) in [6.07, 6.45) is -4.05. The molecule has 2 aliphatic rings. The number of carbonyl (C=O) groups is 1. The highest BCUT2D eigenvalue weighted by Gasteiger charge is 2.50. The molecule has 0 bridgehead atoms. The number of nitrogens with one attached hydrogen (secondary N) is 1. The first-order valence-electron chi connectivity index (χ1n) is 9.59. The number of carboxylic acid groups (broad SMARTS) is 1. The van der Waals surface area contributed by atoms with E-state index >= 15 is 0 Å². The number of rotatable bonds is 7. The fourth-order valence-electron chi connectivity index (χ4n) is 3.65. The molecule has 0 radical (unpaired) electrons. The lowest BCUT2D eigenvalue weighted by atomic mass is 9.81. The van der Waals surface area contributed by atoms with E-state index in [9.17, 15) is 21.6 Å². The van der Waals surface area contributed by atoms with Crippen LogP contribution in [-0.2, 0) is 26.0 Å². The number of hydrogen-bond donors (Lipinski definition) is 2. The van der Waals surface area contributed by atoms with Crippen molar-refractivity contribution in [1.29, 1.82) is 0 Å². The van der Waals surface area contributed by atoms with E-state index in [1.165, 1.54) is 5.56 Å². The van der Waals surface area contributed by atoms with Gasteiger partial charge >= 0.3 is 12.1 Å². The SMILES string of the molecule is CCS(=O)(=O)NC[C@]12COC[C@H]1CN(CCc1ccccc1)C2.O=C(O)C(F)(F)F. The maximum absolute atomic E-state index is 11.8. The molecule has 30 heavy (non-hydrogen) atoms. The number of sulfonamides is 1. The zero-order chi connectivity index (χ0) is 22.4. The third-order valence-corrected chi connectivity index (χ3v) is 6.76. The molecule has 0 aliphatic carbocycles. The van der Waals surface area contributed by atoms with Crippen molar-refractivity contribution in [2.45, 2.75) is 19.5 Å². The van der Waals surface area contributed by atoms with Crippen molar-refractivity contribution in [2.75, 3.05) is 45.1 Å². The van der Waals surface area contributed by atoms with Gasteiger partial charge in [-0.05, 0) is 18.9 Å². The average Bonchev–Trinajstić information content (AvgIpc) is 3.22. The van der Waals surface area contributed by atoms with Crippen LogP contribution < -0.4 is 4.72 Å². The summed E-state index contributed by atoms with van der Waals surface area (Å²) in [4.78, 5) is 11.4. The minimum atomic E-state index is -5.08. The van der Waals surface area contributed by atoms with Crippen molar-refractivity contribution < 1.29 is 36.2 Å². The summed E-state index contributed by atoms with van der Waals surface area (Å²) in [6, 6.07) is 10.5. The monoisotopic (exact) mass is 452 g/mol. The Balaban J connectivity index is 0.000000396. The van der Waals surface area contributed by atoms with Crippen molar-refractivity contribution in [3.8, 4) is 0 Å². The summed E-state index contributed by atoms with van der Waals surface area (Å²) in [7, 11) is -3.15. The lowest BCUT2D eigenvalue weighted by Crippen LogP contribution is -2.43. The van der Waals surface area contributed by atoms with E-state index in [2.05, 4.69) is 33.9 Å². The Morgan fingerprint density at radius 2 is 1.97 bits per heavy atom. The Kier molecular flexibility index (Phi) is 8.26. The molecule has 2 heterocycles. The number of likely N-dealkylation sites (tertiary alicyclic amines) is 1. The first-order valence-corrected chi connectivity index (χ1v) is 11.2. The average molecular weight is 452 g/mol. The van der Waals surface area contributed by atoms with Crippen LogP contribution in [0.3, 0.4) is 0 Å². The third kappa shape index (κ3) is 6.93. The molecule has 0 unspecified atom stereocenters. The Hall–Kier alpha value is -1.69. The molecule has 2 fully saturated rings. The Bertz CT molecular complexity index is 804. The predicted molar refractivity (Wildman–Crippen MR) is 104 cm³/mol. The predicted octanol–water partition coefficient (Wildman–Crippen LogP) is 1.75. The van der Waals surface area contributed by atoms with Crippen LogP contribution in [0.5, 0.6) is 0 Å². The second-order valence-corrected chi connectivity index (χ2v) is 9.67. The highest BCUT2D eigenvalue weighted by atomic mass is 32.2. The highest BCUT2D eigenvalue weighted by molar-refractivity contribution is 7.89. The number of hydrogen-bond acceptors (Lipinski definition) is 5. The van der Waals surface area contributed by atoms with Gasteiger partial charge in [0.15, 0.2) is 0 Å². The summed E-state index contributed by atoms with van der Waals surface area (Å²) in [6.45, 7) is 6.50. The van der Waals surface area contributed by atoms with E-state index in [4.69, 9.17) is 14.6 Å². The number of aliphatic carboxylic acids is 1. The normalized spacial score (nSPS) is 24.2. The van der Waals surface area contributed by atoms with Crippen LogP contribution in [0.4, 0.5) is 13.2 Å². The van der Waals surface area contributed by atoms with E-state index in [0.29, 0.717) is 19.1 Å². The molecule has 1 aromatic rings. The van der Waals surface area contributed by atoms with E-state index in [1.54, 1.807) is 6.92 Å². The van der Waals surface area contributed by atoms with Gasteiger partial charge in [-0.25, -0.2) is 17.9 Å². The lowest BCUT2D eigenvalue weighted by molar-refractivity contribution is -0.192. The number of benzene rings is 1. The van der Waals surface area contributed by atoms with Gasteiger partial charge in [0.2, 0.25) is 10.0 Å². The molecule has 2 atom stereocenters. The van der Waals surface area contributed by atoms with E-state index in [-0.39, 0.29) is 11.2 Å². The number of fused-ring (bicyclic) bond motifs is 1. The van der Waals surface area contributed by atoms with Crippen LogP contribution in [0.25, 0.3) is 0 Å². The Labute approximate surface area is 174 Å². The summed E-state index contributed by atoms with van der Waals surface area (Å²) in [5.74, 6) is -2.20. The first kappa shape index (κ1) is 24.6. The van der Waals surface area contributed by atoms with Gasteiger partial charge in [-0.15, -0.1) is 0 Å². The van der Waals surface area contributed by atoms with Crippen LogP contribution in [0.2, 0.25) is 0 Å². The van der Waals surface area contributed by atoms with E-state index in [1.807, 2.05) is 6.07 Å². The van der Waals surface area contributed by atoms with E-state index in [0.717, 1.165) is 32.7 Å². The zero-order valence-corrected chi connectivity index (χ0v) is 17.5. The van der Waals surface area contributed by atoms with Gasteiger partial charge < -0.3 is 14.7 Å². The standard InChI is InChI=1S/C17H26N2O3S.C2HF3O2/c1-2-23(20,21)18-12-17-13-19(10-16(17)11-22-14-17)9-8-15-6-4-3-5-7-15;3-2(4,5)1(6)7/h3-7,16,18H,2,8-14H2,1H3;(H,6,7)/t16-,17+;/m1./s1. The molecule has 3 rings (SSSR count). The smallest absolute Gasteiger partial charge is 0.475 e. The molecular weight excluding hydrogens is 425 g/mol. The lowest BCUT2D eigenvalue weighted by Gasteiger charge is -2.27. The quantitative estimate of drug-likeness (QED) is 0.655. The number of carboxylic acids is 1. The van der Waals surface area contributed by atoms with E-state index < -0.39 is 22.2 Å². The summed E-state index contributed by atoms with van der Waals surface area (Å²) in [5, 5.41) is 7.12. The van der Waals surface area contributed by atoms with Gasteiger partial charge in [0.05, 0.1) is 19.0 Å². The molecule has 0 saturated carbocycles. The van der Waals surface area contributed by atoms with Gasteiger partial charge in [0, 0.05) is 37.5 Å². The number of nitrogens with zero attached hydrogens (tertiary/aromatic N) is 1. The molecule has 0 spiro atoms. The van der Waals surface area contributed by atoms with Crippen molar-refractivity contribution in [3.05, 3.63) is 35.9 Å². The highest BCUT2D eigenvalue weighted by Crippen LogP contribution is 2.40. The second-order valence-electron chi connectivity index (χ2n) is 7.57. The Morgan fingerprint density at radius 3 is 2.53 bits per heavy atom. The summed E-state index contributed by atoms with van der Waals surface area (Å²) < 4.78 is 63.7. The third-order valence-electron chi connectivity index (χ3n) is 5.42. The molecule has 0 amide bonds. The zero-order valence-electron chi connectivity index (χ0n) is 16.7. The number of alkyl halides is 3. The fraction of sp³-hybridized carbons (Fsp3) is 0.632. The molecule has 170 valence electrons. The molecule has 7 nitrogen and oxygen atoms in total. The fourth-order valence-corrected chi connectivity index (χ4v) is 4.36. The van der Waals surface area contributed by atoms with Gasteiger partial charge in [-0.1, -0.05) is 30.3 Å². The van der Waals surface area contributed by atoms with Crippen molar-refractivity contribution in [3.63, 3.8) is 0 Å². The molecule has 2 N–H and O–H groups in total. The van der Waals surface area contributed by atoms with Crippen LogP contribution in [0.1, 0.15) is 12.5 Å². The maximum Gasteiger partial charge on any atom is 0.490 e. The first-order chi connectivity index (χ1) is 14.0. The van der Waals surface area contributed by atoms with Gasteiger partial charge in [-0.2, -0.15) is 13.2 Å². The van der Waals surface area contributed by atoms with Gasteiger partial charge in [0.25, 0.3) is 0 Å². The number of halogens is 3. The molecular formula is C19H27F3N2O5S. The van der Waals surface area contributed by atoms with Crippen molar-refractivity contribution in [2.24, 2.45) is 11.3 Å². The van der Waals surface area contributed by atoms with Crippen molar-refractivity contribution >= 4 is 16.0 Å². The molecule has 0 aromatic heterocycles. The van der Waals surface area contributed by atoms with Crippen LogP contribution in [-0.4, -0.2) is 75.7 Å². The summed E-state index contributed by atoms with van der Waals surface area (Å²) in [5.41, 5.74) is 1.29. The maximum atomic E-state index is 11.8. The van der Waals surface area contributed by atoms with Gasteiger partial charge in [0.1, 0.15) is 0 Å². The molecule has 2 aliphatic heterocycles. The topological polar surface area (TPSA) is 95.9 Å². The Morgan fingerprint density at radius 1 is 1.33 bits per heavy atom. The largest absolute Gasteiger partial charge is 0.490 e. The van der Waals surface area contributed by atoms with Crippen LogP contribution >= 0.6 is 0 Å². The second kappa shape index (κ2) is 10.1. The van der Waals surface area contributed by atoms with Crippen molar-refractivity contribution in [1.82, 2.24) is 9.62 Å². The number of ether oxygens (including phenoxy) is 1. The summed E-state index contributed by atoms with van der Waals surface area (Å²) >= 11 is 0. The van der Waals surface area contributed by atoms with Gasteiger partial charge in [-0.3, -0.25) is 0 Å². The molecule has 1 aromatic carbocycles. The minimum absolute atomic E-state index is 0.0566. The minimum Gasteiger partial charge on any atom is -0.475 e. The molecule has 2 saturated heterocycles. The molecule has 11 heteroatoms. The van der Waals surface area contributed by atoms with Crippen LogP contribution in [0, 0.1) is 11.3 Å².